The molecule has 0 aromatic heterocycles. The summed E-state index contributed by atoms with van der Waals surface area (Å²) in [5.41, 5.74) is 8.03. The predicted octanol–water partition coefficient (Wildman–Crippen LogP) is 1.67. The number of rotatable bonds is 3. The molecule has 16 heavy (non-hydrogen) atoms. The van der Waals surface area contributed by atoms with E-state index in [4.69, 9.17) is 10.8 Å². The first kappa shape index (κ1) is 11.4. The summed E-state index contributed by atoms with van der Waals surface area (Å²) in [6, 6.07) is 8.00. The normalized spacial score (nSPS) is 18.5. The third-order valence-corrected chi connectivity index (χ3v) is 3.24. The third kappa shape index (κ3) is 2.54. The minimum Gasteiger partial charge on any atom is -0.394 e. The quantitative estimate of drug-likeness (QED) is 0.814. The second-order valence-corrected chi connectivity index (χ2v) is 4.43. The first-order chi connectivity index (χ1) is 7.81. The van der Waals surface area contributed by atoms with Crippen LogP contribution in [0, 0.1) is 0 Å². The zero-order valence-corrected chi connectivity index (χ0v) is 9.60. The first-order valence-corrected chi connectivity index (χ1v) is 6.02. The number of aliphatic hydroxyl groups excluding tert-OH is 1. The molecule has 3 N–H and O–H groups in total. The Hall–Kier alpha value is -1.06. The molecule has 0 saturated carbocycles. The molecule has 0 amide bonds. The van der Waals surface area contributed by atoms with E-state index in [9.17, 15) is 0 Å². The van der Waals surface area contributed by atoms with Crippen LogP contribution >= 0.6 is 0 Å². The average molecular weight is 220 g/mol. The van der Waals surface area contributed by atoms with Gasteiger partial charge in [-0.2, -0.15) is 0 Å². The molecule has 1 aliphatic rings. The average Bonchev–Trinajstić information content (AvgIpc) is 2.39. The third-order valence-electron chi connectivity index (χ3n) is 3.24. The standard InChI is InChI=1S/C13H20N2O/c14-13(10-16)11-4-6-12(7-5-11)15-8-2-1-3-9-15/h4-7,13,16H,1-3,8-10,14H2/t13-/m0/s1. The van der Waals surface area contributed by atoms with Crippen molar-refractivity contribution in [3.8, 4) is 0 Å². The molecule has 0 spiro atoms. The zero-order valence-electron chi connectivity index (χ0n) is 9.60. The smallest absolute Gasteiger partial charge is 0.0624 e. The molecule has 0 unspecified atom stereocenters. The van der Waals surface area contributed by atoms with Gasteiger partial charge in [-0.3, -0.25) is 0 Å². The molecule has 2 rings (SSSR count). The molecule has 1 saturated heterocycles. The van der Waals surface area contributed by atoms with Gasteiger partial charge in [0, 0.05) is 18.8 Å². The van der Waals surface area contributed by atoms with Crippen LogP contribution in [0.3, 0.4) is 0 Å². The Morgan fingerprint density at radius 3 is 2.31 bits per heavy atom. The van der Waals surface area contributed by atoms with Crippen LogP contribution in [0.2, 0.25) is 0 Å². The van der Waals surface area contributed by atoms with E-state index in [-0.39, 0.29) is 12.6 Å². The number of hydrogen-bond donors (Lipinski definition) is 2. The molecule has 0 radical (unpaired) electrons. The highest BCUT2D eigenvalue weighted by molar-refractivity contribution is 5.48. The summed E-state index contributed by atoms with van der Waals surface area (Å²) < 4.78 is 0. The van der Waals surface area contributed by atoms with E-state index in [0.717, 1.165) is 18.7 Å². The van der Waals surface area contributed by atoms with Crippen LogP contribution < -0.4 is 10.6 Å². The lowest BCUT2D eigenvalue weighted by molar-refractivity contribution is 0.268. The molecule has 0 bridgehead atoms. The number of aliphatic hydroxyl groups is 1. The van der Waals surface area contributed by atoms with Crippen LogP contribution in [-0.4, -0.2) is 24.8 Å². The van der Waals surface area contributed by atoms with Crippen LogP contribution in [0.5, 0.6) is 0 Å². The molecule has 1 atom stereocenters. The Bertz CT molecular complexity index is 317. The number of piperidine rings is 1. The SMILES string of the molecule is N[C@@H](CO)c1ccc(N2CCCCC2)cc1. The van der Waals surface area contributed by atoms with E-state index < -0.39 is 0 Å². The summed E-state index contributed by atoms with van der Waals surface area (Å²) in [4.78, 5) is 2.41. The molecule has 1 heterocycles. The van der Waals surface area contributed by atoms with Gasteiger partial charge in [-0.1, -0.05) is 12.1 Å². The van der Waals surface area contributed by atoms with Crippen molar-refractivity contribution < 1.29 is 5.11 Å². The molecule has 1 aromatic rings. The molecule has 3 nitrogen and oxygen atoms in total. The highest BCUT2D eigenvalue weighted by atomic mass is 16.3. The second kappa shape index (κ2) is 5.32. The number of nitrogens with zero attached hydrogens (tertiary/aromatic N) is 1. The van der Waals surface area contributed by atoms with Crippen molar-refractivity contribution in [3.05, 3.63) is 29.8 Å². The van der Waals surface area contributed by atoms with Crippen molar-refractivity contribution in [2.24, 2.45) is 5.73 Å². The van der Waals surface area contributed by atoms with Crippen LogP contribution in [0.25, 0.3) is 0 Å². The molecule has 88 valence electrons. The maximum atomic E-state index is 8.97. The molecular formula is C13H20N2O. The van der Waals surface area contributed by atoms with Crippen molar-refractivity contribution in [2.75, 3.05) is 24.6 Å². The highest BCUT2D eigenvalue weighted by Gasteiger charge is 2.11. The van der Waals surface area contributed by atoms with Gasteiger partial charge in [-0.15, -0.1) is 0 Å². The van der Waals surface area contributed by atoms with Crippen molar-refractivity contribution >= 4 is 5.69 Å². The Kier molecular flexibility index (Phi) is 3.80. The largest absolute Gasteiger partial charge is 0.394 e. The highest BCUT2D eigenvalue weighted by Crippen LogP contribution is 2.21. The van der Waals surface area contributed by atoms with Gasteiger partial charge in [-0.25, -0.2) is 0 Å². The van der Waals surface area contributed by atoms with E-state index in [1.54, 1.807) is 0 Å². The summed E-state index contributed by atoms with van der Waals surface area (Å²) in [5, 5.41) is 8.97. The molecule has 1 aliphatic heterocycles. The minimum atomic E-state index is -0.254. The number of hydrogen-bond acceptors (Lipinski definition) is 3. The predicted molar refractivity (Wildman–Crippen MR) is 66.5 cm³/mol. The van der Waals surface area contributed by atoms with Crippen molar-refractivity contribution in [3.63, 3.8) is 0 Å². The summed E-state index contributed by atoms with van der Waals surface area (Å²) in [6.45, 7) is 2.32. The second-order valence-electron chi connectivity index (χ2n) is 4.43. The van der Waals surface area contributed by atoms with Gasteiger partial charge in [0.1, 0.15) is 0 Å². The maximum absolute atomic E-state index is 8.97. The van der Waals surface area contributed by atoms with Crippen LogP contribution in [0.1, 0.15) is 30.9 Å². The molecule has 3 heteroatoms. The van der Waals surface area contributed by atoms with Crippen LogP contribution in [-0.2, 0) is 0 Å². The van der Waals surface area contributed by atoms with Gasteiger partial charge in [0.2, 0.25) is 0 Å². The number of nitrogens with two attached hydrogens (primary N) is 1. The van der Waals surface area contributed by atoms with Gasteiger partial charge in [0.05, 0.1) is 12.6 Å². The van der Waals surface area contributed by atoms with Gasteiger partial charge >= 0.3 is 0 Å². The van der Waals surface area contributed by atoms with Crippen molar-refractivity contribution in [1.82, 2.24) is 0 Å². The van der Waals surface area contributed by atoms with E-state index >= 15 is 0 Å². The summed E-state index contributed by atoms with van der Waals surface area (Å²) in [5.74, 6) is 0. The number of benzene rings is 1. The Labute approximate surface area is 96.9 Å². The van der Waals surface area contributed by atoms with Gasteiger partial charge in [0.25, 0.3) is 0 Å². The molecule has 1 fully saturated rings. The Morgan fingerprint density at radius 1 is 1.12 bits per heavy atom. The Morgan fingerprint density at radius 2 is 1.75 bits per heavy atom. The maximum Gasteiger partial charge on any atom is 0.0624 e. The monoisotopic (exact) mass is 220 g/mol. The summed E-state index contributed by atoms with van der Waals surface area (Å²) >= 11 is 0. The fourth-order valence-electron chi connectivity index (χ4n) is 2.19. The van der Waals surface area contributed by atoms with Crippen LogP contribution in [0.4, 0.5) is 5.69 Å². The van der Waals surface area contributed by atoms with Gasteiger partial charge in [-0.05, 0) is 37.0 Å². The first-order valence-electron chi connectivity index (χ1n) is 6.02. The fourth-order valence-corrected chi connectivity index (χ4v) is 2.19. The molecule has 1 aromatic carbocycles. The lowest BCUT2D eigenvalue weighted by Crippen LogP contribution is -2.29. The number of anilines is 1. The summed E-state index contributed by atoms with van der Waals surface area (Å²) in [7, 11) is 0. The van der Waals surface area contributed by atoms with Crippen molar-refractivity contribution in [2.45, 2.75) is 25.3 Å². The van der Waals surface area contributed by atoms with E-state index in [1.807, 2.05) is 12.1 Å². The summed E-state index contributed by atoms with van der Waals surface area (Å²) in [6.07, 6.45) is 3.93. The lowest BCUT2D eigenvalue weighted by Gasteiger charge is -2.29. The van der Waals surface area contributed by atoms with E-state index in [2.05, 4.69) is 17.0 Å². The fraction of sp³-hybridized carbons (Fsp3) is 0.538. The zero-order chi connectivity index (χ0) is 11.4. The van der Waals surface area contributed by atoms with Crippen LogP contribution in [0.15, 0.2) is 24.3 Å². The van der Waals surface area contributed by atoms with E-state index in [0.29, 0.717) is 0 Å². The van der Waals surface area contributed by atoms with Crippen molar-refractivity contribution in [1.29, 1.82) is 0 Å². The lowest BCUT2D eigenvalue weighted by atomic mass is 10.1. The topological polar surface area (TPSA) is 49.5 Å². The Balaban J connectivity index is 2.06. The van der Waals surface area contributed by atoms with Gasteiger partial charge in [0.15, 0.2) is 0 Å². The molecular weight excluding hydrogens is 200 g/mol. The van der Waals surface area contributed by atoms with E-state index in [1.165, 1.54) is 24.9 Å². The minimum absolute atomic E-state index is 0.00304. The molecule has 0 aliphatic carbocycles. The van der Waals surface area contributed by atoms with Gasteiger partial charge < -0.3 is 15.7 Å².